The summed E-state index contributed by atoms with van der Waals surface area (Å²) in [5.41, 5.74) is 0.693. The van der Waals surface area contributed by atoms with Crippen LogP contribution in [0.25, 0.3) is 11.0 Å². The highest BCUT2D eigenvalue weighted by atomic mass is 35.5. The third kappa shape index (κ3) is 4.29. The summed E-state index contributed by atoms with van der Waals surface area (Å²) >= 11 is 6.01. The first kappa shape index (κ1) is 21.4. The number of carbonyl (C=O) groups is 2. The number of furan rings is 1. The van der Waals surface area contributed by atoms with Gasteiger partial charge in [0.25, 0.3) is 11.8 Å². The zero-order chi connectivity index (χ0) is 22.7. The summed E-state index contributed by atoms with van der Waals surface area (Å²) in [6.45, 7) is 2.40. The van der Waals surface area contributed by atoms with Gasteiger partial charge in [-0.2, -0.15) is 0 Å². The Balaban J connectivity index is 1.67. The summed E-state index contributed by atoms with van der Waals surface area (Å²) in [5.74, 6) is -1.61. The highest BCUT2D eigenvalue weighted by molar-refractivity contribution is 6.34. The van der Waals surface area contributed by atoms with E-state index >= 15 is 0 Å². The minimum absolute atomic E-state index is 0.0457. The molecule has 4 aromatic rings. The quantitative estimate of drug-likeness (QED) is 0.369. The molecule has 0 fully saturated rings. The van der Waals surface area contributed by atoms with Crippen molar-refractivity contribution in [3.8, 4) is 5.75 Å². The van der Waals surface area contributed by atoms with Crippen molar-refractivity contribution in [2.24, 2.45) is 0 Å². The van der Waals surface area contributed by atoms with E-state index in [1.807, 2.05) is 6.92 Å². The molecule has 2 amide bonds. The van der Waals surface area contributed by atoms with Crippen LogP contribution in [-0.4, -0.2) is 18.4 Å². The first-order chi connectivity index (χ1) is 15.5. The Hall–Kier alpha value is -3.84. The van der Waals surface area contributed by atoms with E-state index in [1.165, 1.54) is 12.1 Å². The third-order valence-electron chi connectivity index (χ3n) is 4.65. The van der Waals surface area contributed by atoms with Crippen LogP contribution in [-0.2, 0) is 0 Å². The molecule has 32 heavy (non-hydrogen) atoms. The maximum Gasteiger partial charge on any atom is 0.293 e. The zero-order valence-electron chi connectivity index (χ0n) is 16.9. The number of para-hydroxylation sites is 1. The lowest BCUT2D eigenvalue weighted by Crippen LogP contribution is -2.18. The number of ether oxygens (including phenoxy) is 1. The molecule has 1 aromatic heterocycles. The van der Waals surface area contributed by atoms with Gasteiger partial charge in [-0.15, -0.1) is 0 Å². The van der Waals surface area contributed by atoms with E-state index in [1.54, 1.807) is 48.5 Å². The Morgan fingerprint density at radius 1 is 0.969 bits per heavy atom. The van der Waals surface area contributed by atoms with Crippen molar-refractivity contribution in [3.05, 3.63) is 88.9 Å². The normalized spacial score (nSPS) is 10.7. The van der Waals surface area contributed by atoms with Gasteiger partial charge >= 0.3 is 0 Å². The van der Waals surface area contributed by atoms with Crippen LogP contribution in [0.3, 0.4) is 0 Å². The summed E-state index contributed by atoms with van der Waals surface area (Å²) in [4.78, 5) is 25.8. The molecule has 8 heteroatoms. The number of nitrogens with one attached hydrogen (secondary N) is 2. The van der Waals surface area contributed by atoms with Gasteiger partial charge < -0.3 is 19.8 Å². The van der Waals surface area contributed by atoms with Crippen LogP contribution in [0.15, 0.2) is 71.1 Å². The molecule has 0 radical (unpaired) electrons. The molecular weight excluding hydrogens is 435 g/mol. The second-order valence-corrected chi connectivity index (χ2v) is 7.17. The highest BCUT2D eigenvalue weighted by Crippen LogP contribution is 2.33. The number of benzene rings is 3. The monoisotopic (exact) mass is 452 g/mol. The van der Waals surface area contributed by atoms with Gasteiger partial charge in [0.2, 0.25) is 5.76 Å². The first-order valence-corrected chi connectivity index (χ1v) is 10.2. The van der Waals surface area contributed by atoms with Gasteiger partial charge in [-0.3, -0.25) is 9.59 Å². The number of carbonyl (C=O) groups excluding carboxylic acids is 2. The van der Waals surface area contributed by atoms with Crippen LogP contribution in [0, 0.1) is 5.82 Å². The number of halogens is 2. The van der Waals surface area contributed by atoms with Crippen LogP contribution in [0.1, 0.15) is 27.8 Å². The molecule has 162 valence electrons. The van der Waals surface area contributed by atoms with Gasteiger partial charge in [0.15, 0.2) is 0 Å². The molecule has 0 unspecified atom stereocenters. The highest BCUT2D eigenvalue weighted by Gasteiger charge is 2.25. The molecule has 0 spiro atoms. The minimum Gasteiger partial charge on any atom is -0.494 e. The lowest BCUT2D eigenvalue weighted by molar-refractivity contribution is 0.0999. The average molecular weight is 453 g/mol. The van der Waals surface area contributed by atoms with E-state index in [0.717, 1.165) is 6.07 Å². The Kier molecular flexibility index (Phi) is 6.09. The smallest absolute Gasteiger partial charge is 0.293 e. The van der Waals surface area contributed by atoms with Crippen molar-refractivity contribution in [2.75, 3.05) is 17.2 Å². The van der Waals surface area contributed by atoms with Crippen molar-refractivity contribution >= 4 is 45.8 Å². The molecular formula is C24H18ClFN2O4. The number of hydrogen-bond donors (Lipinski definition) is 2. The molecule has 1 heterocycles. The Bertz CT molecular complexity index is 1280. The third-order valence-corrected chi connectivity index (χ3v) is 4.97. The van der Waals surface area contributed by atoms with Crippen molar-refractivity contribution < 1.29 is 23.1 Å². The molecule has 0 saturated carbocycles. The second-order valence-electron chi connectivity index (χ2n) is 6.76. The molecule has 0 aliphatic carbocycles. The molecule has 2 N–H and O–H groups in total. The van der Waals surface area contributed by atoms with Gasteiger partial charge in [-0.05, 0) is 55.5 Å². The molecule has 6 nitrogen and oxygen atoms in total. The molecule has 0 bridgehead atoms. The number of fused-ring (bicyclic) bond motifs is 1. The minimum atomic E-state index is -0.797. The second kappa shape index (κ2) is 9.11. The lowest BCUT2D eigenvalue weighted by Gasteiger charge is -2.09. The topological polar surface area (TPSA) is 80.6 Å². The summed E-state index contributed by atoms with van der Waals surface area (Å²) < 4.78 is 25.3. The van der Waals surface area contributed by atoms with Gasteiger partial charge in [-0.1, -0.05) is 29.8 Å². The Morgan fingerprint density at radius 2 is 1.72 bits per heavy atom. The van der Waals surface area contributed by atoms with Crippen molar-refractivity contribution in [3.63, 3.8) is 0 Å². The number of rotatable bonds is 6. The summed E-state index contributed by atoms with van der Waals surface area (Å²) in [6.07, 6.45) is 0. The van der Waals surface area contributed by atoms with E-state index in [4.69, 9.17) is 20.8 Å². The summed E-state index contributed by atoms with van der Waals surface area (Å²) in [7, 11) is 0. The lowest BCUT2D eigenvalue weighted by atomic mass is 10.1. The van der Waals surface area contributed by atoms with Crippen LogP contribution < -0.4 is 15.4 Å². The number of anilines is 2. The van der Waals surface area contributed by atoms with Crippen molar-refractivity contribution in [1.82, 2.24) is 0 Å². The molecule has 0 aliphatic heterocycles. The average Bonchev–Trinajstić information content (AvgIpc) is 3.14. The maximum atomic E-state index is 14.2. The van der Waals surface area contributed by atoms with Gasteiger partial charge in [0.05, 0.1) is 17.2 Å². The predicted octanol–water partition coefficient (Wildman–Crippen LogP) is 6.13. The molecule has 0 atom stereocenters. The predicted molar refractivity (Wildman–Crippen MR) is 121 cm³/mol. The van der Waals surface area contributed by atoms with Crippen molar-refractivity contribution in [2.45, 2.75) is 6.92 Å². The standard InChI is InChI=1S/C24H18ClFN2O4/c1-2-31-15-12-10-14(11-13-15)27-24(30)22-21(16-6-3-4-9-19(16)32-22)28-23(29)20-17(25)7-5-8-18(20)26/h3-13H,2H2,1H3,(H,27,30)(H,28,29). The summed E-state index contributed by atoms with van der Waals surface area (Å²) in [5, 5.41) is 5.76. The van der Waals surface area contributed by atoms with E-state index in [-0.39, 0.29) is 22.0 Å². The van der Waals surface area contributed by atoms with Crippen LogP contribution in [0.5, 0.6) is 5.75 Å². The maximum absolute atomic E-state index is 14.2. The first-order valence-electron chi connectivity index (χ1n) is 9.79. The summed E-state index contributed by atoms with van der Waals surface area (Å²) in [6, 6.07) is 17.6. The van der Waals surface area contributed by atoms with E-state index in [0.29, 0.717) is 29.0 Å². The molecule has 3 aromatic carbocycles. The fourth-order valence-electron chi connectivity index (χ4n) is 3.21. The van der Waals surface area contributed by atoms with Crippen LogP contribution >= 0.6 is 11.6 Å². The molecule has 4 rings (SSSR count). The number of amides is 2. The fourth-order valence-corrected chi connectivity index (χ4v) is 3.46. The van der Waals surface area contributed by atoms with Gasteiger partial charge in [0.1, 0.15) is 22.8 Å². The Morgan fingerprint density at radius 3 is 2.44 bits per heavy atom. The number of hydrogen-bond acceptors (Lipinski definition) is 4. The van der Waals surface area contributed by atoms with Gasteiger partial charge in [-0.25, -0.2) is 4.39 Å². The van der Waals surface area contributed by atoms with Crippen LogP contribution in [0.4, 0.5) is 15.8 Å². The largest absolute Gasteiger partial charge is 0.494 e. The van der Waals surface area contributed by atoms with E-state index in [9.17, 15) is 14.0 Å². The van der Waals surface area contributed by atoms with Gasteiger partial charge in [0, 0.05) is 11.1 Å². The van der Waals surface area contributed by atoms with Crippen molar-refractivity contribution in [1.29, 1.82) is 0 Å². The van der Waals surface area contributed by atoms with E-state index < -0.39 is 17.6 Å². The SMILES string of the molecule is CCOc1ccc(NC(=O)c2oc3ccccc3c2NC(=O)c2c(F)cccc2Cl)cc1. The zero-order valence-corrected chi connectivity index (χ0v) is 17.7. The fraction of sp³-hybridized carbons (Fsp3) is 0.0833. The Labute approximate surface area is 187 Å². The van der Waals surface area contributed by atoms with E-state index in [2.05, 4.69) is 10.6 Å². The molecule has 0 saturated heterocycles. The van der Waals surface area contributed by atoms with Crippen LogP contribution in [0.2, 0.25) is 5.02 Å². The molecule has 0 aliphatic rings.